The fourth-order valence-electron chi connectivity index (χ4n) is 2.75. The molecule has 2 rings (SSSR count). The number of hydrogen-bond donors (Lipinski definition) is 1. The van der Waals surface area contributed by atoms with Crippen molar-refractivity contribution in [3.63, 3.8) is 0 Å². The molecule has 1 saturated heterocycles. The fourth-order valence-corrected chi connectivity index (χ4v) is 2.75. The van der Waals surface area contributed by atoms with Crippen molar-refractivity contribution in [2.24, 2.45) is 5.92 Å². The topological polar surface area (TPSA) is 49.8 Å². The number of fused-ring (bicyclic) bond motifs is 2. The molecule has 1 aliphatic carbocycles. The second-order valence-electron chi connectivity index (χ2n) is 6.28. The monoisotopic (exact) mass is 227 g/mol. The van der Waals surface area contributed by atoms with Gasteiger partial charge in [0.25, 0.3) is 0 Å². The lowest BCUT2D eigenvalue weighted by atomic mass is 9.92. The maximum absolute atomic E-state index is 11.9. The van der Waals surface area contributed by atoms with Gasteiger partial charge in [0.05, 0.1) is 5.60 Å². The number of piperidine rings is 1. The highest BCUT2D eigenvalue weighted by molar-refractivity contribution is 5.69. The molecule has 1 saturated carbocycles. The van der Waals surface area contributed by atoms with Gasteiger partial charge >= 0.3 is 6.09 Å². The number of aliphatic hydroxyl groups is 1. The third kappa shape index (κ3) is 2.03. The average Bonchev–Trinajstić information content (AvgIpc) is 2.54. The molecule has 3 atom stereocenters. The second-order valence-corrected chi connectivity index (χ2v) is 6.28. The number of ether oxygens (including phenoxy) is 1. The van der Waals surface area contributed by atoms with Crippen LogP contribution in [0.2, 0.25) is 0 Å². The highest BCUT2D eigenvalue weighted by Gasteiger charge is 2.53. The van der Waals surface area contributed by atoms with Gasteiger partial charge in [-0.15, -0.1) is 0 Å². The lowest BCUT2D eigenvalue weighted by molar-refractivity contribution is -0.0278. The highest BCUT2D eigenvalue weighted by Crippen LogP contribution is 2.44. The van der Waals surface area contributed by atoms with E-state index in [0.29, 0.717) is 13.0 Å². The van der Waals surface area contributed by atoms with E-state index in [1.165, 1.54) is 0 Å². The molecule has 0 aromatic rings. The van der Waals surface area contributed by atoms with Gasteiger partial charge in [-0.2, -0.15) is 0 Å². The Morgan fingerprint density at radius 3 is 2.50 bits per heavy atom. The quantitative estimate of drug-likeness (QED) is 0.686. The number of carbonyl (C=O) groups excluding carboxylic acids is 1. The molecule has 1 aliphatic heterocycles. The van der Waals surface area contributed by atoms with E-state index in [0.717, 1.165) is 6.42 Å². The van der Waals surface area contributed by atoms with Crippen molar-refractivity contribution in [1.82, 2.24) is 4.90 Å². The SMILES string of the molecule is CC(C)(C)OC(=O)N1CC2CC1CC2(C)O. The van der Waals surface area contributed by atoms with Gasteiger partial charge in [0.15, 0.2) is 0 Å². The number of rotatable bonds is 0. The fraction of sp³-hybridized carbons (Fsp3) is 0.917. The Morgan fingerprint density at radius 1 is 1.50 bits per heavy atom. The summed E-state index contributed by atoms with van der Waals surface area (Å²) in [5, 5.41) is 10.0. The van der Waals surface area contributed by atoms with E-state index in [1.807, 2.05) is 27.7 Å². The van der Waals surface area contributed by atoms with E-state index in [9.17, 15) is 9.90 Å². The van der Waals surface area contributed by atoms with Crippen molar-refractivity contribution in [1.29, 1.82) is 0 Å². The molecule has 4 nitrogen and oxygen atoms in total. The van der Waals surface area contributed by atoms with Crippen molar-refractivity contribution >= 4 is 6.09 Å². The summed E-state index contributed by atoms with van der Waals surface area (Å²) in [4.78, 5) is 13.7. The molecule has 1 heterocycles. The summed E-state index contributed by atoms with van der Waals surface area (Å²) in [6.07, 6.45) is 1.35. The standard InChI is InChI=1S/C12H21NO3/c1-11(2,3)16-10(14)13-7-8-5-9(13)6-12(8,4)15/h8-9,15H,5-7H2,1-4H3. The Labute approximate surface area is 96.6 Å². The largest absolute Gasteiger partial charge is 0.444 e. The van der Waals surface area contributed by atoms with Gasteiger partial charge in [0.1, 0.15) is 5.60 Å². The number of carbonyl (C=O) groups is 1. The first kappa shape index (κ1) is 11.7. The van der Waals surface area contributed by atoms with Crippen molar-refractivity contribution in [2.45, 2.75) is 57.8 Å². The first-order valence-corrected chi connectivity index (χ1v) is 5.91. The normalized spacial score (nSPS) is 37.9. The van der Waals surface area contributed by atoms with Crippen LogP contribution in [-0.2, 0) is 4.74 Å². The second kappa shape index (κ2) is 3.36. The summed E-state index contributed by atoms with van der Waals surface area (Å²) in [6, 6.07) is 0.162. The maximum Gasteiger partial charge on any atom is 0.410 e. The van der Waals surface area contributed by atoms with Crippen LogP contribution in [0.3, 0.4) is 0 Å². The van der Waals surface area contributed by atoms with Crippen LogP contribution < -0.4 is 0 Å². The van der Waals surface area contributed by atoms with Crippen molar-refractivity contribution in [3.05, 3.63) is 0 Å². The molecule has 1 amide bonds. The smallest absolute Gasteiger partial charge is 0.410 e. The Hall–Kier alpha value is -0.770. The minimum atomic E-state index is -0.594. The molecule has 0 aromatic carbocycles. The predicted molar refractivity (Wildman–Crippen MR) is 60.1 cm³/mol. The molecule has 2 aliphatic rings. The third-order valence-electron chi connectivity index (χ3n) is 3.57. The van der Waals surface area contributed by atoms with Crippen LogP contribution in [0, 0.1) is 5.92 Å². The highest BCUT2D eigenvalue weighted by atomic mass is 16.6. The Morgan fingerprint density at radius 2 is 2.12 bits per heavy atom. The van der Waals surface area contributed by atoms with Crippen molar-refractivity contribution in [2.75, 3.05) is 6.54 Å². The molecule has 0 radical (unpaired) electrons. The molecule has 3 unspecified atom stereocenters. The zero-order valence-corrected chi connectivity index (χ0v) is 10.5. The van der Waals surface area contributed by atoms with Gasteiger partial charge in [-0.25, -0.2) is 4.79 Å². The van der Waals surface area contributed by atoms with E-state index >= 15 is 0 Å². The molecule has 2 bridgehead atoms. The van der Waals surface area contributed by atoms with Crippen LogP contribution in [0.15, 0.2) is 0 Å². The lowest BCUT2D eigenvalue weighted by Gasteiger charge is -2.36. The van der Waals surface area contributed by atoms with Crippen LogP contribution in [0.25, 0.3) is 0 Å². The summed E-state index contributed by atoms with van der Waals surface area (Å²) in [7, 11) is 0. The summed E-state index contributed by atoms with van der Waals surface area (Å²) in [5.41, 5.74) is -1.04. The van der Waals surface area contributed by atoms with Crippen molar-refractivity contribution < 1.29 is 14.6 Å². The number of likely N-dealkylation sites (tertiary alicyclic amines) is 1. The summed E-state index contributed by atoms with van der Waals surface area (Å²) >= 11 is 0. The molecule has 1 N–H and O–H groups in total. The molecular weight excluding hydrogens is 206 g/mol. The van der Waals surface area contributed by atoms with Crippen LogP contribution in [0.4, 0.5) is 4.79 Å². The Balaban J connectivity index is 1.98. The molecular formula is C12H21NO3. The number of nitrogens with zero attached hydrogens (tertiary/aromatic N) is 1. The molecule has 4 heteroatoms. The van der Waals surface area contributed by atoms with Gasteiger partial charge < -0.3 is 14.7 Å². The third-order valence-corrected chi connectivity index (χ3v) is 3.57. The Bertz CT molecular complexity index is 306. The molecule has 16 heavy (non-hydrogen) atoms. The van der Waals surface area contributed by atoms with E-state index < -0.39 is 11.2 Å². The molecule has 2 fully saturated rings. The minimum absolute atomic E-state index is 0.162. The summed E-state index contributed by atoms with van der Waals surface area (Å²) in [6.45, 7) is 8.11. The predicted octanol–water partition coefficient (Wildman–Crippen LogP) is 1.77. The van der Waals surface area contributed by atoms with Crippen LogP contribution in [0.5, 0.6) is 0 Å². The number of hydrogen-bond acceptors (Lipinski definition) is 3. The van der Waals surface area contributed by atoms with Gasteiger partial charge in [0, 0.05) is 18.5 Å². The molecule has 92 valence electrons. The maximum atomic E-state index is 11.9. The van der Waals surface area contributed by atoms with E-state index in [1.54, 1.807) is 4.90 Å². The average molecular weight is 227 g/mol. The first-order valence-electron chi connectivity index (χ1n) is 5.91. The summed E-state index contributed by atoms with van der Waals surface area (Å²) in [5.74, 6) is 0.213. The molecule has 0 aromatic heterocycles. The minimum Gasteiger partial charge on any atom is -0.444 e. The zero-order chi connectivity index (χ0) is 12.1. The lowest BCUT2D eigenvalue weighted by Crippen LogP contribution is -2.48. The molecule has 0 spiro atoms. The van der Waals surface area contributed by atoms with Gasteiger partial charge in [-0.3, -0.25) is 0 Å². The van der Waals surface area contributed by atoms with Gasteiger partial charge in [0.2, 0.25) is 0 Å². The van der Waals surface area contributed by atoms with E-state index in [-0.39, 0.29) is 18.1 Å². The van der Waals surface area contributed by atoms with Crippen LogP contribution in [0.1, 0.15) is 40.5 Å². The number of amides is 1. The van der Waals surface area contributed by atoms with Gasteiger partial charge in [-0.05, 0) is 40.5 Å². The van der Waals surface area contributed by atoms with E-state index in [2.05, 4.69) is 0 Å². The van der Waals surface area contributed by atoms with Gasteiger partial charge in [-0.1, -0.05) is 0 Å². The zero-order valence-electron chi connectivity index (χ0n) is 10.5. The summed E-state index contributed by atoms with van der Waals surface area (Å²) < 4.78 is 5.35. The first-order chi connectivity index (χ1) is 7.19. The van der Waals surface area contributed by atoms with Crippen LogP contribution in [-0.4, -0.2) is 39.9 Å². The van der Waals surface area contributed by atoms with Crippen LogP contribution >= 0.6 is 0 Å². The Kier molecular flexibility index (Phi) is 2.46. The van der Waals surface area contributed by atoms with Crippen molar-refractivity contribution in [3.8, 4) is 0 Å². The van der Waals surface area contributed by atoms with E-state index in [4.69, 9.17) is 4.74 Å².